The number of fused-ring (bicyclic) bond motifs is 3. The molecule has 0 N–H and O–H groups in total. The molecule has 3 heterocycles. The average Bonchev–Trinajstić information content (AvgIpc) is 2.90. The number of pyridine rings is 1. The van der Waals surface area contributed by atoms with Crippen LogP contribution in [-0.4, -0.2) is 28.0 Å². The summed E-state index contributed by atoms with van der Waals surface area (Å²) in [5.41, 5.74) is 6.58. The molecule has 0 spiro atoms. The summed E-state index contributed by atoms with van der Waals surface area (Å²) in [7, 11) is 2.19. The van der Waals surface area contributed by atoms with Crippen LogP contribution in [0.2, 0.25) is 5.02 Å². The van der Waals surface area contributed by atoms with Gasteiger partial charge in [0.1, 0.15) is 0 Å². The predicted molar refractivity (Wildman–Crippen MR) is 104 cm³/mol. The van der Waals surface area contributed by atoms with Crippen molar-refractivity contribution in [2.75, 3.05) is 13.6 Å². The van der Waals surface area contributed by atoms with Crippen molar-refractivity contribution < 1.29 is 0 Å². The van der Waals surface area contributed by atoms with Crippen molar-refractivity contribution in [1.29, 1.82) is 0 Å². The lowest BCUT2D eigenvalue weighted by Crippen LogP contribution is -2.28. The van der Waals surface area contributed by atoms with Crippen molar-refractivity contribution >= 4 is 22.5 Å². The van der Waals surface area contributed by atoms with Crippen LogP contribution in [0.3, 0.4) is 0 Å². The lowest BCUT2D eigenvalue weighted by atomic mass is 10.0. The lowest BCUT2D eigenvalue weighted by Gasteiger charge is -2.26. The number of aromatic nitrogens is 2. The molecule has 0 radical (unpaired) electrons. The number of hydrogen-bond acceptors (Lipinski definition) is 2. The number of halogens is 1. The molecule has 4 rings (SSSR count). The van der Waals surface area contributed by atoms with Crippen molar-refractivity contribution in [2.45, 2.75) is 39.3 Å². The van der Waals surface area contributed by atoms with Crippen LogP contribution in [0.15, 0.2) is 36.5 Å². The summed E-state index contributed by atoms with van der Waals surface area (Å²) >= 11 is 6.30. The highest BCUT2D eigenvalue weighted by atomic mass is 35.5. The van der Waals surface area contributed by atoms with Crippen molar-refractivity contribution in [3.63, 3.8) is 0 Å². The Morgan fingerprint density at radius 1 is 1.24 bits per heavy atom. The van der Waals surface area contributed by atoms with Crippen LogP contribution >= 0.6 is 11.6 Å². The Kier molecular flexibility index (Phi) is 4.30. The van der Waals surface area contributed by atoms with E-state index >= 15 is 0 Å². The molecule has 0 bridgehead atoms. The summed E-state index contributed by atoms with van der Waals surface area (Å²) < 4.78 is 2.54. The molecule has 1 aliphatic heterocycles. The van der Waals surface area contributed by atoms with Crippen LogP contribution in [0.1, 0.15) is 35.5 Å². The van der Waals surface area contributed by atoms with Gasteiger partial charge in [0, 0.05) is 59.1 Å². The van der Waals surface area contributed by atoms with Crippen LogP contribution in [0.5, 0.6) is 0 Å². The van der Waals surface area contributed by atoms with Crippen molar-refractivity contribution in [3.05, 3.63) is 64.1 Å². The maximum Gasteiger partial charge on any atom is 0.0489 e. The molecule has 130 valence electrons. The minimum atomic E-state index is 0.389. The maximum atomic E-state index is 6.30. The Hall–Kier alpha value is -1.84. The van der Waals surface area contributed by atoms with E-state index < -0.39 is 0 Å². The zero-order valence-electron chi connectivity index (χ0n) is 15.1. The molecule has 0 saturated heterocycles. The molecule has 0 saturated carbocycles. The second kappa shape index (κ2) is 6.47. The monoisotopic (exact) mass is 353 g/mol. The highest BCUT2D eigenvalue weighted by molar-refractivity contribution is 6.31. The van der Waals surface area contributed by atoms with Crippen LogP contribution in [-0.2, 0) is 19.4 Å². The largest absolute Gasteiger partial charge is 0.341 e. The molecule has 1 atom stereocenters. The van der Waals surface area contributed by atoms with E-state index in [0.29, 0.717) is 6.04 Å². The fourth-order valence-electron chi connectivity index (χ4n) is 4.05. The van der Waals surface area contributed by atoms with Gasteiger partial charge in [0.2, 0.25) is 0 Å². The van der Waals surface area contributed by atoms with E-state index in [4.69, 9.17) is 11.6 Å². The fourth-order valence-corrected chi connectivity index (χ4v) is 4.23. The van der Waals surface area contributed by atoms with Gasteiger partial charge in [-0.2, -0.15) is 0 Å². The highest BCUT2D eigenvalue weighted by Gasteiger charge is 2.24. The van der Waals surface area contributed by atoms with Crippen LogP contribution in [0.25, 0.3) is 10.9 Å². The molecule has 25 heavy (non-hydrogen) atoms. The summed E-state index contributed by atoms with van der Waals surface area (Å²) in [6.45, 7) is 6.45. The molecular formula is C21H24ClN3. The third kappa shape index (κ3) is 3.07. The van der Waals surface area contributed by atoms with Gasteiger partial charge in [-0.3, -0.25) is 4.98 Å². The smallest absolute Gasteiger partial charge is 0.0489 e. The minimum absolute atomic E-state index is 0.389. The summed E-state index contributed by atoms with van der Waals surface area (Å²) in [6.07, 6.45) is 4.09. The second-order valence-electron chi connectivity index (χ2n) is 7.31. The Morgan fingerprint density at radius 3 is 2.84 bits per heavy atom. The van der Waals surface area contributed by atoms with Gasteiger partial charge in [0.25, 0.3) is 0 Å². The van der Waals surface area contributed by atoms with E-state index in [0.717, 1.165) is 36.6 Å². The van der Waals surface area contributed by atoms with Crippen molar-refractivity contribution in [3.8, 4) is 0 Å². The quantitative estimate of drug-likeness (QED) is 0.675. The first-order valence-corrected chi connectivity index (χ1v) is 9.32. The lowest BCUT2D eigenvalue weighted by molar-refractivity contribution is 0.307. The Morgan fingerprint density at radius 2 is 2.08 bits per heavy atom. The molecule has 0 unspecified atom stereocenters. The van der Waals surface area contributed by atoms with Gasteiger partial charge < -0.3 is 9.47 Å². The number of nitrogens with zero attached hydrogens (tertiary/aromatic N) is 3. The summed E-state index contributed by atoms with van der Waals surface area (Å²) in [5, 5.41) is 2.12. The number of aryl methyl sites for hydroxylation is 1. The van der Waals surface area contributed by atoms with E-state index in [1.807, 2.05) is 19.2 Å². The maximum absolute atomic E-state index is 6.30. The van der Waals surface area contributed by atoms with E-state index in [9.17, 15) is 0 Å². The summed E-state index contributed by atoms with van der Waals surface area (Å²) in [4.78, 5) is 6.84. The second-order valence-corrected chi connectivity index (χ2v) is 7.74. The number of benzene rings is 1. The van der Waals surface area contributed by atoms with E-state index in [1.165, 1.54) is 27.7 Å². The van der Waals surface area contributed by atoms with Gasteiger partial charge in [-0.05, 0) is 62.7 Å². The molecule has 1 aromatic carbocycles. The molecule has 3 aromatic rings. The molecule has 3 nitrogen and oxygen atoms in total. The predicted octanol–water partition coefficient (Wildman–Crippen LogP) is 4.79. The van der Waals surface area contributed by atoms with Gasteiger partial charge in [-0.1, -0.05) is 17.7 Å². The Labute approximate surface area is 154 Å². The molecule has 0 aliphatic carbocycles. The van der Waals surface area contributed by atoms with Crippen molar-refractivity contribution in [1.82, 2.24) is 14.5 Å². The first-order valence-electron chi connectivity index (χ1n) is 8.94. The van der Waals surface area contributed by atoms with Crippen LogP contribution in [0, 0.1) is 6.92 Å². The number of likely N-dealkylation sites (N-methyl/N-ethyl adjacent to an activating group) is 1. The van der Waals surface area contributed by atoms with Gasteiger partial charge >= 0.3 is 0 Å². The molecular weight excluding hydrogens is 330 g/mol. The van der Waals surface area contributed by atoms with E-state index in [2.05, 4.69) is 52.7 Å². The Bertz CT molecular complexity index is 911. The minimum Gasteiger partial charge on any atom is -0.341 e. The van der Waals surface area contributed by atoms with Gasteiger partial charge in [-0.25, -0.2) is 0 Å². The van der Waals surface area contributed by atoms with Crippen LogP contribution in [0.4, 0.5) is 0 Å². The highest BCUT2D eigenvalue weighted by Crippen LogP contribution is 2.35. The normalized spacial score (nSPS) is 16.2. The molecule has 4 heteroatoms. The van der Waals surface area contributed by atoms with Gasteiger partial charge in [0.15, 0.2) is 0 Å². The number of rotatable bonds is 3. The molecule has 1 aliphatic rings. The molecule has 0 amide bonds. The van der Waals surface area contributed by atoms with Gasteiger partial charge in [-0.15, -0.1) is 0 Å². The zero-order chi connectivity index (χ0) is 17.6. The van der Waals surface area contributed by atoms with Crippen molar-refractivity contribution in [2.24, 2.45) is 0 Å². The van der Waals surface area contributed by atoms with E-state index in [1.54, 1.807) is 0 Å². The summed E-state index contributed by atoms with van der Waals surface area (Å²) in [5.74, 6) is 0. The van der Waals surface area contributed by atoms with Gasteiger partial charge in [0.05, 0.1) is 0 Å². The fraction of sp³-hybridized carbons (Fsp3) is 0.381. The molecule has 2 aromatic heterocycles. The van der Waals surface area contributed by atoms with E-state index in [-0.39, 0.29) is 0 Å². The van der Waals surface area contributed by atoms with Crippen LogP contribution < -0.4 is 0 Å². The average molecular weight is 354 g/mol. The summed E-state index contributed by atoms with van der Waals surface area (Å²) in [6, 6.07) is 11.0. The standard InChI is InChI=1S/C21H24ClN3/c1-14-4-5-16(12-23-14)10-15(2)25-20-7-6-17(22)11-18(20)19-13-24(3)9-8-21(19)25/h4-7,11-12,15H,8-10,13H2,1-3H3/t15-/m0/s1. The molecule has 0 fully saturated rings. The first kappa shape index (κ1) is 16.6. The SMILES string of the molecule is Cc1ccc(C[C@H](C)n2c3c(c4cc(Cl)ccc42)CN(C)CC3)cn1. The third-order valence-electron chi connectivity index (χ3n) is 5.29. The zero-order valence-corrected chi connectivity index (χ0v) is 15.8. The third-order valence-corrected chi connectivity index (χ3v) is 5.52. The topological polar surface area (TPSA) is 21.1 Å². The Balaban J connectivity index is 1.79. The number of hydrogen-bond donors (Lipinski definition) is 0. The first-order chi connectivity index (χ1) is 12.0.